The van der Waals surface area contributed by atoms with Crippen LogP contribution in [0.15, 0.2) is 90.3 Å². The Morgan fingerprint density at radius 3 is 1.85 bits per heavy atom. The number of anilines is 2. The summed E-state index contributed by atoms with van der Waals surface area (Å²) in [5.74, 6) is 0.551. The lowest BCUT2D eigenvalue weighted by Gasteiger charge is -2.21. The fraction of sp³-hybridized carbons (Fsp3) is 0.120. The molecule has 9 heteroatoms. The zero-order chi connectivity index (χ0) is 24.6. The highest BCUT2D eigenvalue weighted by atomic mass is 32.2. The van der Waals surface area contributed by atoms with Crippen LogP contribution in [0, 0.1) is 0 Å². The summed E-state index contributed by atoms with van der Waals surface area (Å²) in [6, 6.07) is 21.2. The lowest BCUT2D eigenvalue weighted by Crippen LogP contribution is -2.45. The van der Waals surface area contributed by atoms with Crippen LogP contribution >= 0.6 is 0 Å². The molecule has 0 saturated carbocycles. The molecule has 0 fully saturated rings. The third kappa shape index (κ3) is 6.23. The van der Waals surface area contributed by atoms with Crippen LogP contribution in [0.4, 0.5) is 21.0 Å². The second kappa shape index (κ2) is 11.2. The van der Waals surface area contributed by atoms with E-state index in [9.17, 15) is 18.0 Å². The summed E-state index contributed by atoms with van der Waals surface area (Å²) in [6.45, 7) is 1.78. The van der Waals surface area contributed by atoms with Gasteiger partial charge in [0.05, 0.1) is 12.5 Å². The van der Waals surface area contributed by atoms with Crippen molar-refractivity contribution in [2.45, 2.75) is 13.3 Å². The van der Waals surface area contributed by atoms with Crippen molar-refractivity contribution in [1.29, 1.82) is 0 Å². The number of nitrogens with one attached hydrogen (secondary N) is 2. The second-order valence-corrected chi connectivity index (χ2v) is 8.76. The highest BCUT2D eigenvalue weighted by Crippen LogP contribution is 2.25. The predicted octanol–water partition coefficient (Wildman–Crippen LogP) is 5.54. The third-order valence-corrected chi connectivity index (χ3v) is 6.21. The number of sulfonamides is 1. The van der Waals surface area contributed by atoms with Crippen LogP contribution in [-0.4, -0.2) is 31.9 Å². The Labute approximate surface area is 198 Å². The summed E-state index contributed by atoms with van der Waals surface area (Å²) in [6.07, 6.45) is 0.334. The molecule has 34 heavy (non-hydrogen) atoms. The summed E-state index contributed by atoms with van der Waals surface area (Å²) in [4.78, 5) is 26.0. The minimum absolute atomic E-state index is 0.183. The van der Waals surface area contributed by atoms with Crippen molar-refractivity contribution >= 4 is 39.0 Å². The lowest BCUT2D eigenvalue weighted by atomic mass is 10.1. The van der Waals surface area contributed by atoms with Crippen LogP contribution < -0.4 is 15.4 Å². The molecule has 3 aromatic carbocycles. The summed E-state index contributed by atoms with van der Waals surface area (Å²) in [5, 5.41) is 5.85. The maximum atomic E-state index is 13.4. The molecule has 3 rings (SSSR count). The van der Waals surface area contributed by atoms with Crippen LogP contribution in [0.5, 0.6) is 5.75 Å². The molecule has 2 N–H and O–H groups in total. The third-order valence-electron chi connectivity index (χ3n) is 4.79. The van der Waals surface area contributed by atoms with Gasteiger partial charge in [0.2, 0.25) is 0 Å². The quantitative estimate of drug-likeness (QED) is 0.463. The van der Waals surface area contributed by atoms with Gasteiger partial charge in [-0.15, -0.1) is 4.31 Å². The minimum atomic E-state index is -4.53. The van der Waals surface area contributed by atoms with Crippen molar-refractivity contribution in [3.05, 3.63) is 95.9 Å². The number of carbonyl (C=O) groups is 2. The largest absolute Gasteiger partial charge is 0.497 e. The van der Waals surface area contributed by atoms with E-state index in [1.54, 1.807) is 91.9 Å². The first kappa shape index (κ1) is 24.5. The normalized spacial score (nSPS) is 11.4. The molecule has 0 heterocycles. The number of hydrogen-bond donors (Lipinski definition) is 2. The number of amides is 4. The number of hydrogen-bond acceptors (Lipinski definition) is 5. The van der Waals surface area contributed by atoms with E-state index in [0.29, 0.717) is 34.7 Å². The number of para-hydroxylation sites is 2. The van der Waals surface area contributed by atoms with Gasteiger partial charge in [-0.05, 0) is 54.0 Å². The molecule has 3 aromatic rings. The maximum absolute atomic E-state index is 13.4. The fourth-order valence-electron chi connectivity index (χ4n) is 3.13. The number of carbonyl (C=O) groups excluding carboxylic acids is 2. The van der Waals surface area contributed by atoms with E-state index in [-0.39, 0.29) is 4.31 Å². The van der Waals surface area contributed by atoms with Gasteiger partial charge in [-0.1, -0.05) is 55.5 Å². The van der Waals surface area contributed by atoms with Crippen molar-refractivity contribution in [3.8, 4) is 5.75 Å². The monoisotopic (exact) mass is 479 g/mol. The standard InChI is InChI=1S/C25H25N3O5S/c1-3-19(20-11-10-16-23(17-20)33-2)18-34(31,32)28(24(29)26-21-12-6-4-7-13-21)25(30)27-22-14-8-5-9-15-22/h4-18H,3H2,1-2H3,(H,26,29)(H,27,30)/b19-18+. The van der Waals surface area contributed by atoms with Crippen LogP contribution in [0.25, 0.3) is 5.57 Å². The number of nitrogens with zero attached hydrogens (tertiary/aromatic N) is 1. The Hall–Kier alpha value is -4.11. The Kier molecular flexibility index (Phi) is 8.05. The number of allylic oxidation sites excluding steroid dienone is 1. The molecule has 8 nitrogen and oxygen atoms in total. The average molecular weight is 480 g/mol. The zero-order valence-corrected chi connectivity index (χ0v) is 19.6. The molecule has 176 valence electrons. The average Bonchev–Trinajstić information content (AvgIpc) is 2.83. The molecule has 0 atom stereocenters. The van der Waals surface area contributed by atoms with Gasteiger partial charge < -0.3 is 15.4 Å². The number of urea groups is 2. The van der Waals surface area contributed by atoms with Gasteiger partial charge in [0.25, 0.3) is 10.0 Å². The highest BCUT2D eigenvalue weighted by Gasteiger charge is 2.33. The Bertz CT molecular complexity index is 1220. The van der Waals surface area contributed by atoms with Crippen molar-refractivity contribution in [2.75, 3.05) is 17.7 Å². The van der Waals surface area contributed by atoms with Gasteiger partial charge in [0.1, 0.15) is 5.75 Å². The molecule has 0 unspecified atom stereocenters. The Balaban J connectivity index is 2.00. The molecule has 0 aliphatic rings. The van der Waals surface area contributed by atoms with E-state index in [4.69, 9.17) is 4.74 Å². The Morgan fingerprint density at radius 2 is 1.38 bits per heavy atom. The van der Waals surface area contributed by atoms with Gasteiger partial charge in [-0.2, -0.15) is 0 Å². The zero-order valence-electron chi connectivity index (χ0n) is 18.8. The van der Waals surface area contributed by atoms with Crippen molar-refractivity contribution in [3.63, 3.8) is 0 Å². The summed E-state index contributed by atoms with van der Waals surface area (Å²) in [5.41, 5.74) is 1.68. The van der Waals surface area contributed by atoms with E-state index in [2.05, 4.69) is 10.6 Å². The SMILES string of the molecule is CC/C(=C\S(=O)(=O)N(C(=O)Nc1ccccc1)C(=O)Nc1ccccc1)c1cccc(OC)c1. The summed E-state index contributed by atoms with van der Waals surface area (Å²) in [7, 11) is -3.02. The fourth-order valence-corrected chi connectivity index (χ4v) is 4.45. The van der Waals surface area contributed by atoms with Crippen LogP contribution in [0.3, 0.4) is 0 Å². The van der Waals surface area contributed by atoms with Crippen LogP contribution in [0.1, 0.15) is 18.9 Å². The first-order valence-electron chi connectivity index (χ1n) is 10.5. The number of ether oxygens (including phenoxy) is 1. The number of rotatable bonds is 7. The van der Waals surface area contributed by atoms with Gasteiger partial charge >= 0.3 is 12.1 Å². The molecule has 0 aromatic heterocycles. The molecular weight excluding hydrogens is 454 g/mol. The topological polar surface area (TPSA) is 105 Å². The van der Waals surface area contributed by atoms with Crippen molar-refractivity contribution < 1.29 is 22.7 Å². The molecular formula is C25H25N3O5S. The number of imide groups is 1. The molecule has 0 aliphatic heterocycles. The van der Waals surface area contributed by atoms with Gasteiger partial charge in [0.15, 0.2) is 0 Å². The first-order valence-corrected chi connectivity index (χ1v) is 12.0. The lowest BCUT2D eigenvalue weighted by molar-refractivity contribution is 0.223. The van der Waals surface area contributed by atoms with Gasteiger partial charge in [0, 0.05) is 11.4 Å². The van der Waals surface area contributed by atoms with Crippen LogP contribution in [0.2, 0.25) is 0 Å². The van der Waals surface area contributed by atoms with Gasteiger partial charge in [-0.3, -0.25) is 0 Å². The van der Waals surface area contributed by atoms with E-state index >= 15 is 0 Å². The van der Waals surface area contributed by atoms with E-state index < -0.39 is 22.1 Å². The van der Waals surface area contributed by atoms with E-state index in [1.807, 2.05) is 0 Å². The number of benzene rings is 3. The highest BCUT2D eigenvalue weighted by molar-refractivity contribution is 7.93. The predicted molar refractivity (Wildman–Crippen MR) is 133 cm³/mol. The Morgan fingerprint density at radius 1 is 0.853 bits per heavy atom. The second-order valence-electron chi connectivity index (χ2n) is 7.13. The van der Waals surface area contributed by atoms with Crippen LogP contribution in [-0.2, 0) is 10.0 Å². The molecule has 4 amide bonds. The van der Waals surface area contributed by atoms with E-state index in [1.165, 1.54) is 7.11 Å². The smallest absolute Gasteiger partial charge is 0.344 e. The minimum Gasteiger partial charge on any atom is -0.497 e. The molecule has 0 aliphatic carbocycles. The van der Waals surface area contributed by atoms with Crippen molar-refractivity contribution in [1.82, 2.24) is 4.31 Å². The van der Waals surface area contributed by atoms with E-state index in [0.717, 1.165) is 5.41 Å². The van der Waals surface area contributed by atoms with Crippen molar-refractivity contribution in [2.24, 2.45) is 0 Å². The molecule has 0 spiro atoms. The molecule has 0 saturated heterocycles. The molecule has 0 bridgehead atoms. The first-order chi connectivity index (χ1) is 16.3. The summed E-state index contributed by atoms with van der Waals surface area (Å²) >= 11 is 0. The van der Waals surface area contributed by atoms with Gasteiger partial charge in [-0.25, -0.2) is 18.0 Å². The molecule has 0 radical (unpaired) electrons. The maximum Gasteiger partial charge on any atom is 0.344 e. The summed E-state index contributed by atoms with van der Waals surface area (Å²) < 4.78 is 32.2. The number of methoxy groups -OCH3 is 1.